The molecule has 1 heterocycles. The predicted molar refractivity (Wildman–Crippen MR) is 149 cm³/mol. The highest BCUT2D eigenvalue weighted by Gasteiger charge is 2.57. The zero-order valence-corrected chi connectivity index (χ0v) is 26.0. The Kier molecular flexibility index (Phi) is 8.90. The molecule has 2 aliphatic carbocycles. The second kappa shape index (κ2) is 10.4. The van der Waals surface area contributed by atoms with Crippen molar-refractivity contribution in [2.45, 2.75) is 121 Å². The van der Waals surface area contributed by atoms with Crippen molar-refractivity contribution in [2.24, 2.45) is 62.9 Å². The lowest BCUT2D eigenvalue weighted by molar-refractivity contribution is -0.104. The lowest BCUT2D eigenvalue weighted by Gasteiger charge is -2.55. The van der Waals surface area contributed by atoms with Gasteiger partial charge >= 0.3 is 8.60 Å². The first-order valence-corrected chi connectivity index (χ1v) is 15.4. The van der Waals surface area contributed by atoms with E-state index in [9.17, 15) is 0 Å². The molecule has 3 aliphatic rings. The maximum atomic E-state index is 6.96. The van der Waals surface area contributed by atoms with Crippen molar-refractivity contribution in [1.29, 1.82) is 0 Å². The molecule has 0 aromatic rings. The van der Waals surface area contributed by atoms with E-state index in [1.54, 1.807) is 0 Å². The van der Waals surface area contributed by atoms with Crippen LogP contribution in [-0.2, 0) is 13.6 Å². The first-order chi connectivity index (χ1) is 15.8. The monoisotopic (exact) mass is 511 g/mol. The van der Waals surface area contributed by atoms with Crippen molar-refractivity contribution in [1.82, 2.24) is 0 Å². The Hall–Kier alpha value is 0.270. The number of hydrogen-bond acceptors (Lipinski definition) is 4. The highest BCUT2D eigenvalue weighted by Crippen LogP contribution is 2.63. The minimum atomic E-state index is -1.40. The summed E-state index contributed by atoms with van der Waals surface area (Å²) < 4.78 is 20.1. The molecule has 3 rings (SSSR count). The average Bonchev–Trinajstić information content (AvgIpc) is 2.84. The summed E-state index contributed by atoms with van der Waals surface area (Å²) in [6.07, 6.45) is 5.28. The van der Waals surface area contributed by atoms with E-state index in [1.165, 1.54) is 25.7 Å². The van der Waals surface area contributed by atoms with Gasteiger partial charge in [-0.05, 0) is 82.9 Å². The van der Waals surface area contributed by atoms with Gasteiger partial charge in [-0.3, -0.25) is 0 Å². The van der Waals surface area contributed by atoms with Crippen LogP contribution in [0.1, 0.15) is 109 Å². The van der Waals surface area contributed by atoms with Crippen LogP contribution in [0.25, 0.3) is 0 Å². The van der Waals surface area contributed by atoms with Gasteiger partial charge in [-0.1, -0.05) is 83.1 Å². The normalized spacial score (nSPS) is 39.5. The summed E-state index contributed by atoms with van der Waals surface area (Å²) in [5.41, 5.74) is 6.77. The van der Waals surface area contributed by atoms with E-state index in [0.717, 1.165) is 0 Å². The minimum absolute atomic E-state index is 0.170. The molecule has 4 nitrogen and oxygen atoms in total. The van der Waals surface area contributed by atoms with Gasteiger partial charge in [0.1, 0.15) is 0 Å². The first kappa shape index (κ1) is 29.8. The standard InChI is InChI=1S/C30H58NO3P/c1-27(2,3)19-15-21-22-16-20(28(4,5)6)18-24(30(10,11)12)26(22)34-35(32-14-13-31)33-25(21)23(17-19)29(7,8)9/h19-26H,13-18,31H2,1-12H3. The summed E-state index contributed by atoms with van der Waals surface area (Å²) >= 11 is 0. The Labute approximate surface area is 219 Å². The maximum absolute atomic E-state index is 6.96. The molecule has 2 N–H and O–H groups in total. The molecule has 0 spiro atoms. The van der Waals surface area contributed by atoms with Crippen LogP contribution in [0.2, 0.25) is 0 Å². The minimum Gasteiger partial charge on any atom is -0.328 e. The van der Waals surface area contributed by atoms with Gasteiger partial charge in [0.25, 0.3) is 0 Å². The van der Waals surface area contributed by atoms with Crippen molar-refractivity contribution in [3.8, 4) is 0 Å². The molecule has 0 amide bonds. The van der Waals surface area contributed by atoms with E-state index in [4.69, 9.17) is 19.3 Å². The van der Waals surface area contributed by atoms with Crippen LogP contribution in [0.4, 0.5) is 0 Å². The van der Waals surface area contributed by atoms with E-state index in [1.807, 2.05) is 0 Å². The lowest BCUT2D eigenvalue weighted by atomic mass is 9.52. The Morgan fingerprint density at radius 1 is 0.629 bits per heavy atom. The van der Waals surface area contributed by atoms with E-state index in [2.05, 4.69) is 83.1 Å². The average molecular weight is 512 g/mol. The lowest BCUT2D eigenvalue weighted by Crippen LogP contribution is -2.54. The van der Waals surface area contributed by atoms with Crippen molar-refractivity contribution < 1.29 is 13.6 Å². The largest absolute Gasteiger partial charge is 0.333 e. The summed E-state index contributed by atoms with van der Waals surface area (Å²) in [4.78, 5) is 0. The van der Waals surface area contributed by atoms with Crippen LogP contribution >= 0.6 is 8.60 Å². The number of nitrogens with two attached hydrogens (primary N) is 1. The summed E-state index contributed by atoms with van der Waals surface area (Å²) in [6.45, 7) is 30.1. The Balaban J connectivity index is 2.12. The summed E-state index contributed by atoms with van der Waals surface area (Å²) in [5.74, 6) is 3.37. The van der Waals surface area contributed by atoms with E-state index in [-0.39, 0.29) is 23.0 Å². The summed E-state index contributed by atoms with van der Waals surface area (Å²) in [6, 6.07) is 0. The van der Waals surface area contributed by atoms with E-state index >= 15 is 0 Å². The third kappa shape index (κ3) is 6.83. The molecule has 206 valence electrons. The number of rotatable bonds is 3. The van der Waals surface area contributed by atoms with Gasteiger partial charge in [-0.25, -0.2) is 0 Å². The van der Waals surface area contributed by atoms with Crippen molar-refractivity contribution in [3.63, 3.8) is 0 Å². The number of fused-ring (bicyclic) bond motifs is 3. The second-order valence-corrected chi connectivity index (χ2v) is 17.5. The number of hydrogen-bond donors (Lipinski definition) is 1. The molecule has 0 bridgehead atoms. The highest BCUT2D eigenvalue weighted by atomic mass is 31.2. The SMILES string of the molecule is CC(C)(C)C1CC2C3CC(C(C)(C)C)CC(C(C)(C)C)C3OP(OCCN)OC2C(C(C)(C)C)C1. The fraction of sp³-hybridized carbons (Fsp3) is 1.00. The van der Waals surface area contributed by atoms with Gasteiger partial charge < -0.3 is 19.3 Å². The molecule has 0 aromatic heterocycles. The van der Waals surface area contributed by atoms with Crippen LogP contribution in [-0.4, -0.2) is 25.4 Å². The maximum Gasteiger partial charge on any atom is 0.333 e. The fourth-order valence-corrected chi connectivity index (χ4v) is 8.68. The molecular formula is C30H58NO3P. The van der Waals surface area contributed by atoms with Crippen LogP contribution in [0.5, 0.6) is 0 Å². The molecular weight excluding hydrogens is 453 g/mol. The zero-order chi connectivity index (χ0) is 26.6. The van der Waals surface area contributed by atoms with Gasteiger partial charge in [0.05, 0.1) is 18.8 Å². The van der Waals surface area contributed by atoms with Crippen LogP contribution < -0.4 is 5.73 Å². The van der Waals surface area contributed by atoms with Crippen LogP contribution in [0, 0.1) is 57.2 Å². The van der Waals surface area contributed by atoms with Gasteiger partial charge in [0, 0.05) is 6.54 Å². The molecule has 1 saturated heterocycles. The third-order valence-electron chi connectivity index (χ3n) is 9.78. The molecule has 0 radical (unpaired) electrons. The Bertz CT molecular complexity index is 642. The smallest absolute Gasteiger partial charge is 0.328 e. The topological polar surface area (TPSA) is 53.7 Å². The van der Waals surface area contributed by atoms with E-state index in [0.29, 0.717) is 59.5 Å². The van der Waals surface area contributed by atoms with Crippen molar-refractivity contribution in [3.05, 3.63) is 0 Å². The Morgan fingerprint density at radius 2 is 1.00 bits per heavy atom. The Morgan fingerprint density at radius 3 is 1.29 bits per heavy atom. The van der Waals surface area contributed by atoms with Gasteiger partial charge in [0.2, 0.25) is 0 Å². The fourth-order valence-electron chi connectivity index (χ4n) is 7.25. The molecule has 1 aliphatic heterocycles. The van der Waals surface area contributed by atoms with Gasteiger partial charge in [-0.15, -0.1) is 0 Å². The van der Waals surface area contributed by atoms with E-state index < -0.39 is 8.60 Å². The molecule has 8 unspecified atom stereocenters. The summed E-state index contributed by atoms with van der Waals surface area (Å²) in [7, 11) is -1.40. The highest BCUT2D eigenvalue weighted by molar-refractivity contribution is 7.41. The molecule has 3 fully saturated rings. The predicted octanol–water partition coefficient (Wildman–Crippen LogP) is 8.44. The summed E-state index contributed by atoms with van der Waals surface area (Å²) in [5, 5.41) is 0. The third-order valence-corrected chi connectivity index (χ3v) is 11.0. The molecule has 0 aromatic carbocycles. The van der Waals surface area contributed by atoms with Gasteiger partial charge in [0.15, 0.2) is 0 Å². The van der Waals surface area contributed by atoms with Crippen LogP contribution in [0.15, 0.2) is 0 Å². The van der Waals surface area contributed by atoms with Crippen molar-refractivity contribution in [2.75, 3.05) is 13.2 Å². The molecule has 2 saturated carbocycles. The molecule has 5 heteroatoms. The molecule has 8 atom stereocenters. The second-order valence-electron chi connectivity index (χ2n) is 16.3. The first-order valence-electron chi connectivity index (χ1n) is 14.3. The quantitative estimate of drug-likeness (QED) is 0.386. The molecule has 35 heavy (non-hydrogen) atoms. The van der Waals surface area contributed by atoms with Crippen molar-refractivity contribution >= 4 is 8.60 Å². The van der Waals surface area contributed by atoms with Gasteiger partial charge in [-0.2, -0.15) is 0 Å². The zero-order valence-electron chi connectivity index (χ0n) is 25.1. The van der Waals surface area contributed by atoms with Crippen LogP contribution in [0.3, 0.4) is 0 Å².